The second kappa shape index (κ2) is 4.13. The zero-order valence-corrected chi connectivity index (χ0v) is 9.03. The average molecular weight is 193 g/mol. The summed E-state index contributed by atoms with van der Waals surface area (Å²) >= 11 is 0. The highest BCUT2D eigenvalue weighted by Gasteiger charge is 2.23. The number of hydrogen-bond acceptors (Lipinski definition) is 2. The highest BCUT2D eigenvalue weighted by molar-refractivity contribution is 4.91. The van der Waals surface area contributed by atoms with Gasteiger partial charge in [-0.2, -0.15) is 0 Å². The van der Waals surface area contributed by atoms with E-state index < -0.39 is 0 Å². The van der Waals surface area contributed by atoms with Gasteiger partial charge in [0.25, 0.3) is 0 Å². The van der Waals surface area contributed by atoms with Gasteiger partial charge < -0.3 is 9.88 Å². The lowest BCUT2D eigenvalue weighted by Gasteiger charge is -2.12. The molecule has 0 radical (unpaired) electrons. The maximum atomic E-state index is 4.28. The van der Waals surface area contributed by atoms with E-state index in [1.807, 2.05) is 19.4 Å². The third-order valence-corrected chi connectivity index (χ3v) is 2.91. The minimum absolute atomic E-state index is 0.624. The predicted octanol–water partition coefficient (Wildman–Crippen LogP) is 1.70. The Hall–Kier alpha value is -0.830. The summed E-state index contributed by atoms with van der Waals surface area (Å²) in [5.74, 6) is 2.12. The van der Waals surface area contributed by atoms with Crippen LogP contribution in [0.4, 0.5) is 0 Å². The van der Waals surface area contributed by atoms with Crippen LogP contribution < -0.4 is 5.32 Å². The predicted molar refractivity (Wildman–Crippen MR) is 56.9 cm³/mol. The lowest BCUT2D eigenvalue weighted by Crippen LogP contribution is -2.27. The fraction of sp³-hybridized carbons (Fsp3) is 0.727. The van der Waals surface area contributed by atoms with Crippen LogP contribution in [0.2, 0.25) is 0 Å². The third-order valence-electron chi connectivity index (χ3n) is 2.91. The number of aryl methyl sites for hydroxylation is 1. The average Bonchev–Trinajstić information content (AvgIpc) is 2.86. The molecule has 78 valence electrons. The first-order chi connectivity index (χ1) is 6.75. The van der Waals surface area contributed by atoms with Crippen LogP contribution >= 0.6 is 0 Å². The molecule has 0 saturated heterocycles. The zero-order valence-electron chi connectivity index (χ0n) is 9.03. The molecule has 0 spiro atoms. The summed E-state index contributed by atoms with van der Waals surface area (Å²) in [6.07, 6.45) is 8.04. The van der Waals surface area contributed by atoms with Gasteiger partial charge in [0.05, 0.1) is 6.54 Å². The summed E-state index contributed by atoms with van der Waals surface area (Å²) in [6, 6.07) is 0.624. The van der Waals surface area contributed by atoms with E-state index in [1.165, 1.54) is 19.3 Å². The quantitative estimate of drug-likeness (QED) is 0.771. The molecule has 0 bridgehead atoms. The van der Waals surface area contributed by atoms with Gasteiger partial charge in [0.2, 0.25) is 0 Å². The van der Waals surface area contributed by atoms with E-state index >= 15 is 0 Å². The van der Waals surface area contributed by atoms with E-state index in [9.17, 15) is 0 Å². The summed E-state index contributed by atoms with van der Waals surface area (Å²) in [5.41, 5.74) is 0. The van der Waals surface area contributed by atoms with E-state index in [0.717, 1.165) is 18.3 Å². The second-order valence-electron chi connectivity index (χ2n) is 4.42. The normalized spacial score (nSPS) is 18.4. The van der Waals surface area contributed by atoms with Crippen LogP contribution in [0.1, 0.15) is 32.0 Å². The van der Waals surface area contributed by atoms with E-state index in [4.69, 9.17) is 0 Å². The highest BCUT2D eigenvalue weighted by atomic mass is 15.1. The fourth-order valence-electron chi connectivity index (χ4n) is 1.77. The van der Waals surface area contributed by atoms with E-state index in [1.54, 1.807) is 0 Å². The van der Waals surface area contributed by atoms with Crippen molar-refractivity contribution in [1.29, 1.82) is 0 Å². The molecule has 3 nitrogen and oxygen atoms in total. The maximum absolute atomic E-state index is 4.28. The van der Waals surface area contributed by atoms with Crippen molar-refractivity contribution in [3.8, 4) is 0 Å². The number of nitrogens with zero attached hydrogens (tertiary/aromatic N) is 2. The molecule has 1 atom stereocenters. The Bertz CT molecular complexity index is 288. The van der Waals surface area contributed by atoms with Crippen molar-refractivity contribution in [3.05, 3.63) is 18.2 Å². The molecule has 2 rings (SSSR count). The molecule has 1 aromatic rings. The van der Waals surface area contributed by atoms with Gasteiger partial charge in [-0.1, -0.05) is 12.8 Å². The molecule has 1 aromatic heterocycles. The van der Waals surface area contributed by atoms with Crippen LogP contribution in [0.3, 0.4) is 0 Å². The SMILES string of the molecule is CC(CC1CC1)NCc1nccn1C. The van der Waals surface area contributed by atoms with Crippen molar-refractivity contribution < 1.29 is 0 Å². The van der Waals surface area contributed by atoms with Gasteiger partial charge in [-0.25, -0.2) is 4.98 Å². The molecule has 3 heteroatoms. The van der Waals surface area contributed by atoms with Crippen LogP contribution in [0.5, 0.6) is 0 Å². The number of aromatic nitrogens is 2. The monoisotopic (exact) mass is 193 g/mol. The number of hydrogen-bond donors (Lipinski definition) is 1. The molecule has 1 saturated carbocycles. The maximum Gasteiger partial charge on any atom is 0.122 e. The van der Waals surface area contributed by atoms with E-state index in [2.05, 4.69) is 21.8 Å². The number of rotatable bonds is 5. The van der Waals surface area contributed by atoms with Crippen molar-refractivity contribution in [3.63, 3.8) is 0 Å². The summed E-state index contributed by atoms with van der Waals surface area (Å²) in [5, 5.41) is 3.51. The Morgan fingerprint density at radius 1 is 1.64 bits per heavy atom. The van der Waals surface area contributed by atoms with Crippen molar-refractivity contribution in [2.24, 2.45) is 13.0 Å². The molecule has 1 unspecified atom stereocenters. The Balaban J connectivity index is 1.73. The van der Waals surface area contributed by atoms with Crippen LogP contribution in [-0.2, 0) is 13.6 Å². The molecule has 14 heavy (non-hydrogen) atoms. The first-order valence-corrected chi connectivity index (χ1v) is 5.45. The third kappa shape index (κ3) is 2.58. The van der Waals surface area contributed by atoms with Crippen LogP contribution in [-0.4, -0.2) is 15.6 Å². The lowest BCUT2D eigenvalue weighted by molar-refractivity contribution is 0.476. The van der Waals surface area contributed by atoms with Gasteiger partial charge >= 0.3 is 0 Å². The fourth-order valence-corrected chi connectivity index (χ4v) is 1.77. The van der Waals surface area contributed by atoms with Gasteiger partial charge in [0.1, 0.15) is 5.82 Å². The summed E-state index contributed by atoms with van der Waals surface area (Å²) in [7, 11) is 2.04. The molecule has 0 amide bonds. The molecule has 1 heterocycles. The smallest absolute Gasteiger partial charge is 0.122 e. The van der Waals surface area contributed by atoms with Gasteiger partial charge in [-0.05, 0) is 19.3 Å². The summed E-state index contributed by atoms with van der Waals surface area (Å²) in [4.78, 5) is 4.28. The number of nitrogens with one attached hydrogen (secondary N) is 1. The summed E-state index contributed by atoms with van der Waals surface area (Å²) < 4.78 is 2.07. The van der Waals surface area contributed by atoms with Crippen molar-refractivity contribution >= 4 is 0 Å². The van der Waals surface area contributed by atoms with Crippen LogP contribution in [0, 0.1) is 5.92 Å². The van der Waals surface area contributed by atoms with Gasteiger partial charge in [-0.3, -0.25) is 0 Å². The van der Waals surface area contributed by atoms with E-state index in [0.29, 0.717) is 6.04 Å². The minimum atomic E-state index is 0.624. The zero-order chi connectivity index (χ0) is 9.97. The highest BCUT2D eigenvalue weighted by Crippen LogP contribution is 2.33. The molecule has 0 aromatic carbocycles. The van der Waals surface area contributed by atoms with Crippen molar-refractivity contribution in [1.82, 2.24) is 14.9 Å². The van der Waals surface area contributed by atoms with Gasteiger partial charge in [0.15, 0.2) is 0 Å². The standard InChI is InChI=1S/C11H19N3/c1-9(7-10-3-4-10)13-8-11-12-5-6-14(11)2/h5-6,9-10,13H,3-4,7-8H2,1-2H3. The van der Waals surface area contributed by atoms with Gasteiger partial charge in [0, 0.05) is 25.5 Å². The van der Waals surface area contributed by atoms with Crippen molar-refractivity contribution in [2.75, 3.05) is 0 Å². The van der Waals surface area contributed by atoms with Crippen LogP contribution in [0.15, 0.2) is 12.4 Å². The molecule has 1 aliphatic carbocycles. The Morgan fingerprint density at radius 3 is 3.00 bits per heavy atom. The minimum Gasteiger partial charge on any atom is -0.337 e. The largest absolute Gasteiger partial charge is 0.337 e. The Kier molecular flexibility index (Phi) is 2.87. The summed E-state index contributed by atoms with van der Waals surface area (Å²) in [6.45, 7) is 3.15. The molecular formula is C11H19N3. The van der Waals surface area contributed by atoms with E-state index in [-0.39, 0.29) is 0 Å². The Labute approximate surface area is 85.5 Å². The topological polar surface area (TPSA) is 29.9 Å². The second-order valence-corrected chi connectivity index (χ2v) is 4.42. The number of imidazole rings is 1. The van der Waals surface area contributed by atoms with Gasteiger partial charge in [-0.15, -0.1) is 0 Å². The first kappa shape index (κ1) is 9.71. The molecular weight excluding hydrogens is 174 g/mol. The molecule has 1 N–H and O–H groups in total. The Morgan fingerprint density at radius 2 is 2.43 bits per heavy atom. The first-order valence-electron chi connectivity index (χ1n) is 5.45. The van der Waals surface area contributed by atoms with Crippen LogP contribution in [0.25, 0.3) is 0 Å². The van der Waals surface area contributed by atoms with Crippen molar-refractivity contribution in [2.45, 2.75) is 38.8 Å². The molecule has 0 aliphatic heterocycles. The lowest BCUT2D eigenvalue weighted by atomic mass is 10.1. The molecule has 1 fully saturated rings. The molecule has 1 aliphatic rings.